The number of aliphatic hydroxyl groups excluding tert-OH is 2. The quantitative estimate of drug-likeness (QED) is 0.482. The van der Waals surface area contributed by atoms with Crippen molar-refractivity contribution in [3.05, 3.63) is 11.5 Å². The summed E-state index contributed by atoms with van der Waals surface area (Å²) in [5.74, 6) is -3.95. The number of aliphatic carboxylic acids is 1. The van der Waals surface area contributed by atoms with Crippen LogP contribution in [0.3, 0.4) is 0 Å². The first-order chi connectivity index (χ1) is 6.82. The zero-order valence-corrected chi connectivity index (χ0v) is 8.56. The number of hydrogen-bond donors (Lipinski definition) is 3. The van der Waals surface area contributed by atoms with Gasteiger partial charge in [-0.2, -0.15) is 0 Å². The van der Waals surface area contributed by atoms with Gasteiger partial charge in [-0.1, -0.05) is 0 Å². The topological polar surface area (TPSA) is 96.2 Å². The Morgan fingerprint density at radius 1 is 1.40 bits per heavy atom. The molecule has 0 amide bonds. The summed E-state index contributed by atoms with van der Waals surface area (Å²) >= 11 is 0. The van der Waals surface area contributed by atoms with Gasteiger partial charge in [-0.25, -0.2) is 4.79 Å². The van der Waals surface area contributed by atoms with Crippen molar-refractivity contribution in [1.82, 2.24) is 0 Å². The van der Waals surface area contributed by atoms with Crippen molar-refractivity contribution >= 4 is 5.97 Å². The van der Waals surface area contributed by atoms with Crippen LogP contribution in [0.15, 0.2) is 11.5 Å². The Bertz CT molecular complexity index is 293. The van der Waals surface area contributed by atoms with Crippen molar-refractivity contribution < 1.29 is 29.6 Å². The minimum absolute atomic E-state index is 0.0818. The van der Waals surface area contributed by atoms with Crippen molar-refractivity contribution in [2.75, 3.05) is 6.61 Å². The Morgan fingerprint density at radius 2 is 2.00 bits per heavy atom. The van der Waals surface area contributed by atoms with Gasteiger partial charge in [-0.15, -0.1) is 0 Å². The molecule has 1 aliphatic rings. The normalized spacial score (nSPS) is 26.1. The van der Waals surface area contributed by atoms with Crippen LogP contribution in [0.25, 0.3) is 0 Å². The van der Waals surface area contributed by atoms with E-state index in [9.17, 15) is 9.90 Å². The van der Waals surface area contributed by atoms with E-state index >= 15 is 0 Å². The third kappa shape index (κ3) is 3.10. The molecule has 1 atom stereocenters. The summed E-state index contributed by atoms with van der Waals surface area (Å²) in [5.41, 5.74) is 0. The fraction of sp³-hybridized carbons (Fsp3) is 0.667. The molecule has 1 saturated heterocycles. The zero-order chi connectivity index (χ0) is 11.6. The highest BCUT2D eigenvalue weighted by molar-refractivity contribution is 5.84. The molecule has 0 unspecified atom stereocenters. The summed E-state index contributed by atoms with van der Waals surface area (Å²) in [5, 5.41) is 26.5. The van der Waals surface area contributed by atoms with E-state index in [1.54, 1.807) is 13.8 Å². The van der Waals surface area contributed by atoms with Crippen LogP contribution in [0.5, 0.6) is 0 Å². The summed E-state index contributed by atoms with van der Waals surface area (Å²) in [6, 6.07) is 0. The Morgan fingerprint density at radius 3 is 2.40 bits per heavy atom. The Labute approximate surface area is 86.7 Å². The van der Waals surface area contributed by atoms with Crippen LogP contribution in [0.4, 0.5) is 0 Å². The second-order valence-electron chi connectivity index (χ2n) is 3.76. The molecule has 0 radical (unpaired) electrons. The van der Waals surface area contributed by atoms with Crippen molar-refractivity contribution in [3.8, 4) is 0 Å². The SMILES string of the molecule is CC1(C)OC[C@@H](C/C(O)=C(/O)C(=O)O)O1. The van der Waals surface area contributed by atoms with Crippen LogP contribution in [0.2, 0.25) is 0 Å². The predicted octanol–water partition coefficient (Wildman–Crippen LogP) is 0.940. The predicted molar refractivity (Wildman–Crippen MR) is 49.4 cm³/mol. The molecule has 86 valence electrons. The molecule has 0 saturated carbocycles. The van der Waals surface area contributed by atoms with Crippen molar-refractivity contribution in [2.45, 2.75) is 32.2 Å². The average Bonchev–Trinajstić information content (AvgIpc) is 2.43. The smallest absolute Gasteiger partial charge is 0.374 e. The fourth-order valence-corrected chi connectivity index (χ4v) is 1.30. The number of ether oxygens (including phenoxy) is 2. The van der Waals surface area contributed by atoms with Crippen LogP contribution in [-0.2, 0) is 14.3 Å². The molecule has 3 N–H and O–H groups in total. The number of carboxylic acid groups (broad SMARTS) is 1. The molecule has 0 aromatic carbocycles. The van der Waals surface area contributed by atoms with E-state index in [1.165, 1.54) is 0 Å². The lowest BCUT2D eigenvalue weighted by Gasteiger charge is -2.16. The molecule has 1 rings (SSSR count). The minimum Gasteiger partial charge on any atom is -0.508 e. The number of rotatable bonds is 3. The molecular formula is C9H14O6. The van der Waals surface area contributed by atoms with Crippen LogP contribution < -0.4 is 0 Å². The maximum atomic E-state index is 10.3. The minimum atomic E-state index is -1.56. The molecule has 6 heteroatoms. The average molecular weight is 218 g/mol. The Hall–Kier alpha value is -1.27. The lowest BCUT2D eigenvalue weighted by molar-refractivity contribution is -0.139. The van der Waals surface area contributed by atoms with E-state index in [4.69, 9.17) is 19.7 Å². The highest BCUT2D eigenvalue weighted by Gasteiger charge is 2.33. The first kappa shape index (κ1) is 11.8. The van der Waals surface area contributed by atoms with Crippen molar-refractivity contribution in [3.63, 3.8) is 0 Å². The molecule has 1 heterocycles. The molecule has 6 nitrogen and oxygen atoms in total. The molecule has 1 fully saturated rings. The van der Waals surface area contributed by atoms with E-state index in [0.29, 0.717) is 0 Å². The fourth-order valence-electron chi connectivity index (χ4n) is 1.30. The molecule has 0 bridgehead atoms. The van der Waals surface area contributed by atoms with E-state index < -0.39 is 29.4 Å². The number of hydrogen-bond acceptors (Lipinski definition) is 5. The Balaban J connectivity index is 2.57. The van der Waals surface area contributed by atoms with Gasteiger partial charge in [0.2, 0.25) is 5.76 Å². The summed E-state index contributed by atoms with van der Waals surface area (Å²) < 4.78 is 10.5. The van der Waals surface area contributed by atoms with Crippen molar-refractivity contribution in [2.24, 2.45) is 0 Å². The molecule has 15 heavy (non-hydrogen) atoms. The summed E-state index contributed by atoms with van der Waals surface area (Å²) in [7, 11) is 0. The molecule has 0 aromatic heterocycles. The summed E-state index contributed by atoms with van der Waals surface area (Å²) in [6.45, 7) is 3.68. The standard InChI is InChI=1S/C9H14O6/c1-9(2)14-4-5(15-9)3-6(10)7(11)8(12)13/h5,10-11H,3-4H2,1-2H3,(H,12,13)/b7-6-/t5-/m1/s1. The van der Waals surface area contributed by atoms with Crippen LogP contribution in [0, 0.1) is 0 Å². The second-order valence-corrected chi connectivity index (χ2v) is 3.76. The molecule has 0 aliphatic carbocycles. The van der Waals surface area contributed by atoms with Gasteiger partial charge in [0, 0.05) is 6.42 Å². The molecule has 0 aromatic rings. The molecular weight excluding hydrogens is 204 g/mol. The van der Waals surface area contributed by atoms with Gasteiger partial charge < -0.3 is 24.8 Å². The maximum Gasteiger partial charge on any atom is 0.374 e. The van der Waals surface area contributed by atoms with Gasteiger partial charge in [-0.3, -0.25) is 0 Å². The van der Waals surface area contributed by atoms with E-state index in [-0.39, 0.29) is 13.0 Å². The Kier molecular flexibility index (Phi) is 3.21. The first-order valence-electron chi connectivity index (χ1n) is 4.48. The van der Waals surface area contributed by atoms with Crippen LogP contribution in [0.1, 0.15) is 20.3 Å². The summed E-state index contributed by atoms with van der Waals surface area (Å²) in [6.07, 6.45) is -0.525. The largest absolute Gasteiger partial charge is 0.508 e. The lowest BCUT2D eigenvalue weighted by Crippen LogP contribution is -2.22. The second kappa shape index (κ2) is 4.08. The maximum absolute atomic E-state index is 10.3. The lowest BCUT2D eigenvalue weighted by atomic mass is 10.2. The monoisotopic (exact) mass is 218 g/mol. The van der Waals surface area contributed by atoms with Gasteiger partial charge in [0.1, 0.15) is 5.76 Å². The number of carboxylic acids is 1. The third-order valence-electron chi connectivity index (χ3n) is 1.96. The number of carbonyl (C=O) groups is 1. The first-order valence-corrected chi connectivity index (χ1v) is 4.48. The number of aliphatic hydroxyl groups is 2. The third-order valence-corrected chi connectivity index (χ3v) is 1.96. The van der Waals surface area contributed by atoms with Crippen LogP contribution >= 0.6 is 0 Å². The molecule has 1 aliphatic heterocycles. The van der Waals surface area contributed by atoms with E-state index in [2.05, 4.69) is 0 Å². The molecule has 0 spiro atoms. The highest BCUT2D eigenvalue weighted by Crippen LogP contribution is 2.25. The van der Waals surface area contributed by atoms with Gasteiger partial charge in [0.05, 0.1) is 12.7 Å². The highest BCUT2D eigenvalue weighted by atomic mass is 16.7. The van der Waals surface area contributed by atoms with Gasteiger partial charge in [-0.05, 0) is 13.8 Å². The van der Waals surface area contributed by atoms with Crippen molar-refractivity contribution in [1.29, 1.82) is 0 Å². The summed E-state index contributed by atoms with van der Waals surface area (Å²) in [4.78, 5) is 10.3. The zero-order valence-electron chi connectivity index (χ0n) is 8.56. The van der Waals surface area contributed by atoms with Gasteiger partial charge >= 0.3 is 5.97 Å². The van der Waals surface area contributed by atoms with Gasteiger partial charge in [0.15, 0.2) is 5.79 Å². The van der Waals surface area contributed by atoms with E-state index in [0.717, 1.165) is 0 Å². The van der Waals surface area contributed by atoms with Gasteiger partial charge in [0.25, 0.3) is 0 Å². The van der Waals surface area contributed by atoms with Crippen LogP contribution in [-0.4, -0.2) is 39.8 Å². The van der Waals surface area contributed by atoms with E-state index in [1.807, 2.05) is 0 Å².